The Labute approximate surface area is 132 Å². The molecule has 8 nitrogen and oxygen atoms in total. The Kier molecular flexibility index (Phi) is 5.78. The highest BCUT2D eigenvalue weighted by Crippen LogP contribution is 2.24. The minimum atomic E-state index is -1.45. The van der Waals surface area contributed by atoms with Gasteiger partial charge in [-0.25, -0.2) is 9.59 Å². The molecule has 3 atom stereocenters. The van der Waals surface area contributed by atoms with E-state index in [2.05, 4.69) is 0 Å². The van der Waals surface area contributed by atoms with Gasteiger partial charge in [-0.3, -0.25) is 0 Å². The van der Waals surface area contributed by atoms with E-state index >= 15 is 0 Å². The van der Waals surface area contributed by atoms with Crippen LogP contribution in [0.3, 0.4) is 0 Å². The van der Waals surface area contributed by atoms with Gasteiger partial charge in [-0.2, -0.15) is 4.57 Å². The summed E-state index contributed by atoms with van der Waals surface area (Å²) in [5.74, 6) is -1.88. The zero-order chi connectivity index (χ0) is 16.8. The first kappa shape index (κ1) is 17.0. The molecule has 2 heterocycles. The predicted molar refractivity (Wildman–Crippen MR) is 74.4 cm³/mol. The Morgan fingerprint density at radius 2 is 2.26 bits per heavy atom. The van der Waals surface area contributed by atoms with Crippen molar-refractivity contribution < 1.29 is 38.6 Å². The molecule has 124 valence electrons. The van der Waals surface area contributed by atoms with E-state index in [-0.39, 0.29) is 30.9 Å². The van der Waals surface area contributed by atoms with E-state index in [1.807, 2.05) is 0 Å². The highest BCUT2D eigenvalue weighted by Gasteiger charge is 2.33. The Hall–Kier alpha value is -2.32. The highest BCUT2D eigenvalue weighted by atomic mass is 16.6. The number of aromatic carboxylic acids is 1. The minimum absolute atomic E-state index is 0.0234. The summed E-state index contributed by atoms with van der Waals surface area (Å²) < 4.78 is 12.3. The molecular formula is C15H18NO7+. The third kappa shape index (κ3) is 4.57. The van der Waals surface area contributed by atoms with Crippen molar-refractivity contribution in [3.05, 3.63) is 30.1 Å². The number of aldehydes is 1. The van der Waals surface area contributed by atoms with Crippen LogP contribution < -0.4 is 4.57 Å². The molecule has 23 heavy (non-hydrogen) atoms. The number of carbonyl (C=O) groups excluding carboxylic acids is 2. The van der Waals surface area contributed by atoms with Crippen LogP contribution in [0.5, 0.6) is 0 Å². The second kappa shape index (κ2) is 7.80. The molecule has 1 aliphatic heterocycles. The number of rotatable bonds is 7. The number of ether oxygens (including phenoxy) is 2. The lowest BCUT2D eigenvalue weighted by atomic mass is 10.2. The Morgan fingerprint density at radius 1 is 1.48 bits per heavy atom. The second-order valence-corrected chi connectivity index (χ2v) is 5.18. The standard InChI is InChI=1S/C15H17NO7/c17-7-5-12(18)15(21)22-9-11-3-4-13(23-11)16-6-1-2-10(8-16)14(19)20/h1-2,6-8,11-13,18H,3-5,9H2/p+1. The van der Waals surface area contributed by atoms with Gasteiger partial charge in [0, 0.05) is 18.9 Å². The van der Waals surface area contributed by atoms with Gasteiger partial charge in [-0.1, -0.05) is 0 Å². The summed E-state index contributed by atoms with van der Waals surface area (Å²) in [4.78, 5) is 32.6. The lowest BCUT2D eigenvalue weighted by molar-refractivity contribution is -0.759. The maximum atomic E-state index is 11.4. The molecule has 0 bridgehead atoms. The zero-order valence-electron chi connectivity index (χ0n) is 12.3. The molecule has 1 fully saturated rings. The number of carboxylic acid groups (broad SMARTS) is 1. The summed E-state index contributed by atoms with van der Waals surface area (Å²) in [5.41, 5.74) is 0.156. The van der Waals surface area contributed by atoms with E-state index in [1.165, 1.54) is 12.3 Å². The summed E-state index contributed by atoms with van der Waals surface area (Å²) in [7, 11) is 0. The summed E-state index contributed by atoms with van der Waals surface area (Å²) in [5, 5.41) is 18.3. The number of carbonyl (C=O) groups is 3. The number of pyridine rings is 1. The summed E-state index contributed by atoms with van der Waals surface area (Å²) in [6.07, 6.45) is 2.48. The molecule has 2 N–H and O–H groups in total. The van der Waals surface area contributed by atoms with Crippen LogP contribution in [0.1, 0.15) is 35.8 Å². The smallest absolute Gasteiger partial charge is 0.341 e. The molecule has 1 aromatic rings. The maximum Gasteiger partial charge on any atom is 0.341 e. The van der Waals surface area contributed by atoms with E-state index in [0.717, 1.165) is 0 Å². The monoisotopic (exact) mass is 324 g/mol. The van der Waals surface area contributed by atoms with Crippen molar-refractivity contribution in [2.75, 3.05) is 6.61 Å². The lowest BCUT2D eigenvalue weighted by Gasteiger charge is -2.13. The van der Waals surface area contributed by atoms with Crippen molar-refractivity contribution in [1.29, 1.82) is 0 Å². The van der Waals surface area contributed by atoms with Gasteiger partial charge in [0.2, 0.25) is 0 Å². The number of nitrogens with zero attached hydrogens (tertiary/aromatic N) is 1. The van der Waals surface area contributed by atoms with Crippen LogP contribution in [0.4, 0.5) is 0 Å². The van der Waals surface area contributed by atoms with Gasteiger partial charge in [-0.15, -0.1) is 0 Å². The molecule has 1 saturated heterocycles. The molecule has 3 unspecified atom stereocenters. The van der Waals surface area contributed by atoms with Crippen LogP contribution in [0.2, 0.25) is 0 Å². The van der Waals surface area contributed by atoms with Crippen LogP contribution in [-0.4, -0.2) is 47.3 Å². The van der Waals surface area contributed by atoms with E-state index < -0.39 is 18.0 Å². The molecular weight excluding hydrogens is 306 g/mol. The lowest BCUT2D eigenvalue weighted by Crippen LogP contribution is -2.40. The Morgan fingerprint density at radius 3 is 2.96 bits per heavy atom. The van der Waals surface area contributed by atoms with Crippen molar-refractivity contribution in [3.8, 4) is 0 Å². The minimum Gasteiger partial charge on any atom is -0.477 e. The highest BCUT2D eigenvalue weighted by molar-refractivity contribution is 5.86. The van der Waals surface area contributed by atoms with Gasteiger partial charge in [0.05, 0.1) is 6.10 Å². The SMILES string of the molecule is O=CCC(O)C(=O)OCC1CCC([n+]2cccc(C(=O)O)c2)O1. The average molecular weight is 324 g/mol. The number of hydrogen-bond acceptors (Lipinski definition) is 6. The largest absolute Gasteiger partial charge is 0.477 e. The van der Waals surface area contributed by atoms with Crippen LogP contribution in [0.15, 0.2) is 24.5 Å². The van der Waals surface area contributed by atoms with Gasteiger partial charge < -0.3 is 24.5 Å². The average Bonchev–Trinajstić information content (AvgIpc) is 3.02. The molecule has 1 aromatic heterocycles. The predicted octanol–water partition coefficient (Wildman–Crippen LogP) is -0.157. The van der Waals surface area contributed by atoms with E-state index in [1.54, 1.807) is 16.8 Å². The van der Waals surface area contributed by atoms with Crippen LogP contribution in [0, 0.1) is 0 Å². The molecule has 2 rings (SSSR count). The van der Waals surface area contributed by atoms with Crippen molar-refractivity contribution in [3.63, 3.8) is 0 Å². The molecule has 0 aliphatic carbocycles. The molecule has 1 aliphatic rings. The fourth-order valence-corrected chi connectivity index (χ4v) is 2.29. The molecule has 0 amide bonds. The van der Waals surface area contributed by atoms with Crippen LogP contribution >= 0.6 is 0 Å². The van der Waals surface area contributed by atoms with Crippen molar-refractivity contribution in [2.45, 2.75) is 37.7 Å². The van der Waals surface area contributed by atoms with Gasteiger partial charge in [0.25, 0.3) is 6.23 Å². The first-order chi connectivity index (χ1) is 11.0. The van der Waals surface area contributed by atoms with Gasteiger partial charge in [-0.05, 0) is 12.5 Å². The van der Waals surface area contributed by atoms with Gasteiger partial charge in [0.1, 0.15) is 18.5 Å². The Bertz CT molecular complexity index is 589. The number of esters is 1. The molecule has 0 saturated carbocycles. The van der Waals surface area contributed by atoms with Crippen LogP contribution in [-0.2, 0) is 19.1 Å². The Balaban J connectivity index is 1.86. The van der Waals surface area contributed by atoms with Crippen molar-refractivity contribution in [2.24, 2.45) is 0 Å². The number of carboxylic acids is 1. The van der Waals surface area contributed by atoms with Crippen molar-refractivity contribution in [1.82, 2.24) is 0 Å². The third-order valence-electron chi connectivity index (χ3n) is 3.49. The van der Waals surface area contributed by atoms with Crippen molar-refractivity contribution >= 4 is 18.2 Å². The van der Waals surface area contributed by atoms with Gasteiger partial charge >= 0.3 is 11.9 Å². The second-order valence-electron chi connectivity index (χ2n) is 5.18. The molecule has 0 radical (unpaired) electrons. The number of aliphatic hydroxyl groups is 1. The molecule has 8 heteroatoms. The third-order valence-corrected chi connectivity index (χ3v) is 3.49. The maximum absolute atomic E-state index is 11.4. The summed E-state index contributed by atoms with van der Waals surface area (Å²) in [6.45, 7) is -0.0234. The van der Waals surface area contributed by atoms with E-state index in [0.29, 0.717) is 19.1 Å². The molecule has 0 aromatic carbocycles. The first-order valence-electron chi connectivity index (χ1n) is 7.19. The number of hydrogen-bond donors (Lipinski definition) is 2. The van der Waals surface area contributed by atoms with E-state index in [9.17, 15) is 19.5 Å². The number of aliphatic hydroxyl groups excluding tert-OH is 1. The van der Waals surface area contributed by atoms with Gasteiger partial charge in [0.15, 0.2) is 18.5 Å². The zero-order valence-corrected chi connectivity index (χ0v) is 12.3. The topological polar surface area (TPSA) is 114 Å². The number of aromatic nitrogens is 1. The van der Waals surface area contributed by atoms with Crippen LogP contribution in [0.25, 0.3) is 0 Å². The fraction of sp³-hybridized carbons (Fsp3) is 0.467. The normalized spacial score (nSPS) is 21.6. The molecule has 0 spiro atoms. The summed E-state index contributed by atoms with van der Waals surface area (Å²) in [6, 6.07) is 3.11. The summed E-state index contributed by atoms with van der Waals surface area (Å²) >= 11 is 0. The van der Waals surface area contributed by atoms with E-state index in [4.69, 9.17) is 14.6 Å². The first-order valence-corrected chi connectivity index (χ1v) is 7.19. The fourth-order valence-electron chi connectivity index (χ4n) is 2.29. The quantitative estimate of drug-likeness (QED) is 0.407.